The maximum Gasteiger partial charge on any atom is 0.267 e. The topological polar surface area (TPSA) is 34.0 Å². The normalized spacial score (nSPS) is 11.7. The van der Waals surface area contributed by atoms with Crippen LogP contribution in [0.25, 0.3) is 10.2 Å². The summed E-state index contributed by atoms with van der Waals surface area (Å²) in [5.74, 6) is 0.498. The molecule has 0 bridgehead atoms. The van der Waals surface area contributed by atoms with Crippen molar-refractivity contribution in [2.75, 3.05) is 6.54 Å². The van der Waals surface area contributed by atoms with Gasteiger partial charge < -0.3 is 9.88 Å². The molecule has 1 N–H and O–H groups in total. The molecule has 0 saturated carbocycles. The third-order valence-corrected chi connectivity index (χ3v) is 3.73. The van der Waals surface area contributed by atoms with Gasteiger partial charge in [0.1, 0.15) is 5.69 Å². The number of aromatic nitrogens is 1. The van der Waals surface area contributed by atoms with E-state index in [1.807, 2.05) is 6.07 Å². The van der Waals surface area contributed by atoms with E-state index in [1.165, 1.54) is 4.70 Å². The quantitative estimate of drug-likeness (QED) is 0.898. The lowest BCUT2D eigenvalue weighted by Crippen LogP contribution is -2.29. The van der Waals surface area contributed by atoms with Gasteiger partial charge in [-0.25, -0.2) is 0 Å². The van der Waals surface area contributed by atoms with Crippen LogP contribution in [0.4, 0.5) is 0 Å². The number of hydrogen-bond acceptors (Lipinski definition) is 2. The third-order valence-electron chi connectivity index (χ3n) is 2.88. The smallest absolute Gasteiger partial charge is 0.267 e. The van der Waals surface area contributed by atoms with Crippen molar-refractivity contribution in [3.05, 3.63) is 23.2 Å². The van der Waals surface area contributed by atoms with E-state index in [4.69, 9.17) is 0 Å². The molecule has 0 aliphatic rings. The van der Waals surface area contributed by atoms with E-state index in [9.17, 15) is 4.79 Å². The number of fused-ring (bicyclic) bond motifs is 1. The average molecular weight is 264 g/mol. The first-order valence-electron chi connectivity index (χ1n) is 6.37. The summed E-state index contributed by atoms with van der Waals surface area (Å²) >= 11 is 1.68. The van der Waals surface area contributed by atoms with Gasteiger partial charge >= 0.3 is 0 Å². The van der Waals surface area contributed by atoms with E-state index in [2.05, 4.69) is 49.0 Å². The molecule has 18 heavy (non-hydrogen) atoms. The second kappa shape index (κ2) is 5.14. The first kappa shape index (κ1) is 13.1. The van der Waals surface area contributed by atoms with Crippen LogP contribution in [0.3, 0.4) is 0 Å². The Morgan fingerprint density at radius 3 is 2.72 bits per heavy atom. The number of carbonyl (C=O) groups is 1. The highest BCUT2D eigenvalue weighted by Crippen LogP contribution is 2.28. The molecule has 0 aliphatic carbocycles. The minimum atomic E-state index is 0.0285. The molecule has 0 radical (unpaired) electrons. The number of amides is 1. The van der Waals surface area contributed by atoms with Crippen molar-refractivity contribution < 1.29 is 4.79 Å². The number of hydrogen-bond donors (Lipinski definition) is 1. The van der Waals surface area contributed by atoms with Crippen molar-refractivity contribution in [1.82, 2.24) is 9.88 Å². The molecule has 98 valence electrons. The molecule has 0 spiro atoms. The van der Waals surface area contributed by atoms with Crippen molar-refractivity contribution in [2.24, 2.45) is 5.92 Å². The van der Waals surface area contributed by atoms with Crippen LogP contribution >= 0.6 is 11.3 Å². The Hall–Kier alpha value is -1.29. The van der Waals surface area contributed by atoms with E-state index >= 15 is 0 Å². The molecule has 0 fully saturated rings. The maximum atomic E-state index is 12.2. The summed E-state index contributed by atoms with van der Waals surface area (Å²) in [6.07, 6.45) is 0. The van der Waals surface area contributed by atoms with Crippen molar-refractivity contribution in [3.8, 4) is 0 Å². The molecule has 0 aliphatic heterocycles. The number of nitrogens with zero attached hydrogens (tertiary/aromatic N) is 1. The number of carbonyl (C=O) groups excluding carboxylic acids is 1. The lowest BCUT2D eigenvalue weighted by atomic mass is 10.2. The zero-order chi connectivity index (χ0) is 13.3. The Morgan fingerprint density at radius 2 is 2.11 bits per heavy atom. The summed E-state index contributed by atoms with van der Waals surface area (Å²) in [7, 11) is 0. The van der Waals surface area contributed by atoms with Crippen molar-refractivity contribution >= 4 is 27.5 Å². The molecular weight excluding hydrogens is 244 g/mol. The second-order valence-electron chi connectivity index (χ2n) is 5.27. The van der Waals surface area contributed by atoms with E-state index in [0.29, 0.717) is 5.92 Å². The Balaban J connectivity index is 2.34. The molecule has 0 unspecified atom stereocenters. The fraction of sp³-hybridized carbons (Fsp3) is 0.500. The van der Waals surface area contributed by atoms with Gasteiger partial charge in [0.2, 0.25) is 0 Å². The summed E-state index contributed by atoms with van der Waals surface area (Å²) < 4.78 is 3.29. The predicted octanol–water partition coefficient (Wildman–Crippen LogP) is 3.67. The standard InChI is InChI=1S/C14H20N2OS/c1-9(2)8-15-14(17)12-7-13-11(5-6-18-13)16(12)10(3)4/h5-7,9-10H,8H2,1-4H3,(H,15,17). The second-order valence-corrected chi connectivity index (χ2v) is 6.21. The molecule has 0 saturated heterocycles. The molecular formula is C14H20N2OS. The lowest BCUT2D eigenvalue weighted by molar-refractivity contribution is 0.0939. The van der Waals surface area contributed by atoms with Crippen LogP contribution in [0.2, 0.25) is 0 Å². The van der Waals surface area contributed by atoms with Crippen LogP contribution in [-0.4, -0.2) is 17.0 Å². The molecule has 0 aromatic carbocycles. The van der Waals surface area contributed by atoms with E-state index in [1.54, 1.807) is 11.3 Å². The van der Waals surface area contributed by atoms with Gasteiger partial charge in [-0.15, -0.1) is 11.3 Å². The van der Waals surface area contributed by atoms with Crippen molar-refractivity contribution in [2.45, 2.75) is 33.7 Å². The monoisotopic (exact) mass is 264 g/mol. The van der Waals surface area contributed by atoms with Crippen LogP contribution in [0.1, 0.15) is 44.2 Å². The zero-order valence-electron chi connectivity index (χ0n) is 11.4. The predicted molar refractivity (Wildman–Crippen MR) is 77.4 cm³/mol. The Morgan fingerprint density at radius 1 is 1.39 bits per heavy atom. The minimum Gasteiger partial charge on any atom is -0.351 e. The summed E-state index contributed by atoms with van der Waals surface area (Å²) in [6.45, 7) is 9.13. The van der Waals surface area contributed by atoms with Gasteiger partial charge in [0, 0.05) is 12.6 Å². The fourth-order valence-corrected chi connectivity index (χ4v) is 2.87. The first-order chi connectivity index (χ1) is 8.50. The Labute approximate surface area is 112 Å². The minimum absolute atomic E-state index is 0.0285. The first-order valence-corrected chi connectivity index (χ1v) is 7.25. The average Bonchev–Trinajstić information content (AvgIpc) is 2.83. The van der Waals surface area contributed by atoms with Crippen LogP contribution in [0, 0.1) is 5.92 Å². The molecule has 2 aromatic heterocycles. The van der Waals surface area contributed by atoms with E-state index < -0.39 is 0 Å². The molecule has 1 amide bonds. The zero-order valence-corrected chi connectivity index (χ0v) is 12.2. The number of nitrogens with one attached hydrogen (secondary N) is 1. The lowest BCUT2D eigenvalue weighted by Gasteiger charge is -2.14. The molecule has 2 heterocycles. The fourth-order valence-electron chi connectivity index (χ4n) is 2.06. The highest BCUT2D eigenvalue weighted by atomic mass is 32.1. The van der Waals surface area contributed by atoms with Gasteiger partial charge in [-0.05, 0) is 37.3 Å². The van der Waals surface area contributed by atoms with Gasteiger partial charge in [0.15, 0.2) is 0 Å². The van der Waals surface area contributed by atoms with Gasteiger partial charge in [-0.2, -0.15) is 0 Å². The van der Waals surface area contributed by atoms with Crippen molar-refractivity contribution in [3.63, 3.8) is 0 Å². The maximum absolute atomic E-state index is 12.2. The summed E-state index contributed by atoms with van der Waals surface area (Å²) in [5.41, 5.74) is 1.93. The molecule has 0 atom stereocenters. The summed E-state index contributed by atoms with van der Waals surface area (Å²) in [6, 6.07) is 4.37. The summed E-state index contributed by atoms with van der Waals surface area (Å²) in [4.78, 5) is 12.2. The van der Waals surface area contributed by atoms with E-state index in [-0.39, 0.29) is 11.9 Å². The number of thiophene rings is 1. The van der Waals surface area contributed by atoms with Crippen LogP contribution in [-0.2, 0) is 0 Å². The largest absolute Gasteiger partial charge is 0.351 e. The summed E-state index contributed by atoms with van der Waals surface area (Å²) in [5, 5.41) is 5.06. The van der Waals surface area contributed by atoms with E-state index in [0.717, 1.165) is 17.8 Å². The van der Waals surface area contributed by atoms with Gasteiger partial charge in [-0.1, -0.05) is 13.8 Å². The Bertz CT molecular complexity index is 551. The molecule has 4 heteroatoms. The Kier molecular flexibility index (Phi) is 3.76. The van der Waals surface area contributed by atoms with Gasteiger partial charge in [0.25, 0.3) is 5.91 Å². The van der Waals surface area contributed by atoms with Crippen LogP contribution < -0.4 is 5.32 Å². The SMILES string of the molecule is CC(C)CNC(=O)c1cc2sccc2n1C(C)C. The molecule has 3 nitrogen and oxygen atoms in total. The van der Waals surface area contributed by atoms with Crippen LogP contribution in [0.15, 0.2) is 17.5 Å². The van der Waals surface area contributed by atoms with Gasteiger partial charge in [0.05, 0.1) is 10.2 Å². The number of rotatable bonds is 4. The molecule has 2 rings (SSSR count). The van der Waals surface area contributed by atoms with Crippen molar-refractivity contribution in [1.29, 1.82) is 0 Å². The third kappa shape index (κ3) is 2.43. The van der Waals surface area contributed by atoms with Crippen LogP contribution in [0.5, 0.6) is 0 Å². The van der Waals surface area contributed by atoms with Gasteiger partial charge in [-0.3, -0.25) is 4.79 Å². The molecule has 2 aromatic rings. The highest BCUT2D eigenvalue weighted by Gasteiger charge is 2.17. The highest BCUT2D eigenvalue weighted by molar-refractivity contribution is 7.17.